The van der Waals surface area contributed by atoms with Crippen LogP contribution in [0.4, 0.5) is 0 Å². The third kappa shape index (κ3) is 13.7. The van der Waals surface area contributed by atoms with Crippen LogP contribution in [-0.4, -0.2) is 49.3 Å². The molecule has 0 amide bonds. The molecule has 8 rings (SSSR count). The molecule has 0 N–H and O–H groups in total. The fourth-order valence-corrected chi connectivity index (χ4v) is 10.2. The average molecular weight is 1050 g/mol. The lowest BCUT2D eigenvalue weighted by Crippen LogP contribution is -2.20. The van der Waals surface area contributed by atoms with Crippen LogP contribution in [0.5, 0.6) is 28.7 Å². The highest BCUT2D eigenvalue weighted by molar-refractivity contribution is 7.18. The molecule has 0 fully saturated rings. The molecule has 0 spiro atoms. The fourth-order valence-electron chi connectivity index (χ4n) is 8.32. The average Bonchev–Trinajstić information content (AvgIpc) is 4.13. The van der Waals surface area contributed by atoms with Crippen molar-refractivity contribution in [2.24, 2.45) is 21.1 Å². The minimum absolute atomic E-state index is 0.0119. The normalized spacial score (nSPS) is 10.3. The van der Waals surface area contributed by atoms with E-state index in [4.69, 9.17) is 23.7 Å². The maximum absolute atomic E-state index is 12.3. The monoisotopic (exact) mass is 1050 g/mol. The van der Waals surface area contributed by atoms with Crippen LogP contribution in [0, 0.1) is 20.8 Å². The van der Waals surface area contributed by atoms with E-state index in [9.17, 15) is 14.4 Å². The number of nitrogens with zero attached hydrogens (tertiary/aromatic N) is 3. The van der Waals surface area contributed by atoms with E-state index in [0.717, 1.165) is 116 Å². The molecular weight excluding hydrogens is 967 g/mol. The molecule has 0 aliphatic heterocycles. The number of benzene rings is 3. The van der Waals surface area contributed by atoms with Gasteiger partial charge in [-0.25, -0.2) is 0 Å². The Hall–Kier alpha value is -6.83. The van der Waals surface area contributed by atoms with E-state index < -0.39 is 0 Å². The quantitative estimate of drug-likeness (QED) is 0.118. The van der Waals surface area contributed by atoms with Crippen LogP contribution >= 0.6 is 22.7 Å². The molecule has 0 radical (unpaired) electrons. The number of ether oxygens (including phenoxy) is 5. The van der Waals surface area contributed by atoms with Crippen molar-refractivity contribution in [3.05, 3.63) is 155 Å². The molecule has 0 atom stereocenters. The van der Waals surface area contributed by atoms with Gasteiger partial charge in [0, 0.05) is 88.9 Å². The highest BCUT2D eigenvalue weighted by Gasteiger charge is 2.20. The summed E-state index contributed by atoms with van der Waals surface area (Å²) in [4.78, 5) is 36.5. The third-order valence-electron chi connectivity index (χ3n) is 12.0. The van der Waals surface area contributed by atoms with E-state index in [2.05, 4.69) is 26.5 Å². The topological polar surface area (TPSA) is 112 Å². The number of aromatic nitrogens is 3. The second-order valence-corrected chi connectivity index (χ2v) is 18.9. The fraction of sp³-hybridized carbons (Fsp3) is 0.361. The summed E-state index contributed by atoms with van der Waals surface area (Å²) in [5.74, 6) is 4.27. The van der Waals surface area contributed by atoms with Gasteiger partial charge in [0.2, 0.25) is 0 Å². The molecule has 11 nitrogen and oxygen atoms in total. The number of hydrogen-bond donors (Lipinski definition) is 0. The molecule has 398 valence electrons. The van der Waals surface area contributed by atoms with Crippen molar-refractivity contribution in [3.63, 3.8) is 0 Å². The molecular formula is C61H79N3O8S2. The third-order valence-corrected chi connectivity index (χ3v) is 13.9. The van der Waals surface area contributed by atoms with Crippen LogP contribution in [0.1, 0.15) is 96.0 Å². The predicted molar refractivity (Wildman–Crippen MR) is 316 cm³/mol. The molecule has 13 heteroatoms. The highest BCUT2D eigenvalue weighted by atomic mass is 32.1. The lowest BCUT2D eigenvalue weighted by molar-refractivity contribution is 0.382. The Labute approximate surface area is 447 Å². The van der Waals surface area contributed by atoms with Gasteiger partial charge in [0.15, 0.2) is 0 Å². The summed E-state index contributed by atoms with van der Waals surface area (Å²) in [5.41, 5.74) is 12.1. The number of thiophene rings is 2. The molecule has 3 aromatic carbocycles. The molecule has 5 aromatic heterocycles. The largest absolute Gasteiger partial charge is 0.496 e. The van der Waals surface area contributed by atoms with E-state index in [1.54, 1.807) is 93.1 Å². The smallest absolute Gasteiger partial charge is 0.259 e. The first-order valence-electron chi connectivity index (χ1n) is 25.0. The predicted octanol–water partition coefficient (Wildman–Crippen LogP) is 14.9. The van der Waals surface area contributed by atoms with Crippen LogP contribution in [0.3, 0.4) is 0 Å². The second kappa shape index (κ2) is 28.6. The molecule has 8 aromatic rings. The summed E-state index contributed by atoms with van der Waals surface area (Å²) >= 11 is 3.14. The summed E-state index contributed by atoms with van der Waals surface area (Å²) < 4.78 is 34.6. The Morgan fingerprint density at radius 1 is 0.527 bits per heavy atom. The first-order chi connectivity index (χ1) is 35.4. The van der Waals surface area contributed by atoms with Crippen molar-refractivity contribution in [2.75, 3.05) is 35.5 Å². The summed E-state index contributed by atoms with van der Waals surface area (Å²) in [5, 5.41) is 5.37. The molecule has 0 saturated heterocycles. The zero-order valence-corrected chi connectivity index (χ0v) is 49.1. The maximum atomic E-state index is 12.3. The van der Waals surface area contributed by atoms with Gasteiger partial charge in [-0.1, -0.05) is 79.7 Å². The molecule has 0 aliphatic carbocycles. The van der Waals surface area contributed by atoms with Crippen LogP contribution in [-0.2, 0) is 27.6 Å². The van der Waals surface area contributed by atoms with Crippen molar-refractivity contribution in [1.29, 1.82) is 0 Å². The van der Waals surface area contributed by atoms with Gasteiger partial charge in [-0.05, 0) is 115 Å². The van der Waals surface area contributed by atoms with Crippen LogP contribution in [0.2, 0.25) is 0 Å². The van der Waals surface area contributed by atoms with Gasteiger partial charge in [-0.3, -0.25) is 14.4 Å². The molecule has 0 aliphatic rings. The Morgan fingerprint density at radius 2 is 0.905 bits per heavy atom. The van der Waals surface area contributed by atoms with Crippen molar-refractivity contribution in [3.8, 4) is 62.1 Å². The van der Waals surface area contributed by atoms with E-state index >= 15 is 0 Å². The van der Waals surface area contributed by atoms with Gasteiger partial charge < -0.3 is 37.4 Å². The van der Waals surface area contributed by atoms with E-state index in [-0.39, 0.29) is 22.6 Å². The van der Waals surface area contributed by atoms with Gasteiger partial charge in [0.05, 0.1) is 46.3 Å². The number of aryl methyl sites for hydroxylation is 4. The lowest BCUT2D eigenvalue weighted by atomic mass is 9.96. The van der Waals surface area contributed by atoms with Gasteiger partial charge in [0.1, 0.15) is 28.7 Å². The number of fused-ring (bicyclic) bond motifs is 2. The standard InChI is InChI=1S/C20H21NO3S.C19H21NO3S.C16H19NO2.3C2H6/c1-12(2)8-15-17(23-4)9-13(10-18(15)24-5)16-11-21(3)20(22)14-6-7-25-19(14)16;1-11(2)17-15(22-4)8-12(9-16(17)23-5)14-10-20(3)19(21)13-6-7-24-18(13)14;1-10-6-7-13(8-15(10)19-5)14-9-17(4)16(18)12(3)11(14)2;3*1-2/h6-7,9-11H,1,8H2,2-5H3;6-11H,1-5H3;6-9H,1-5H3;3*1-2H3. The van der Waals surface area contributed by atoms with Crippen molar-refractivity contribution < 1.29 is 23.7 Å². The number of allylic oxidation sites excluding steroid dienone is 1. The second-order valence-electron chi connectivity index (χ2n) is 17.1. The Balaban J connectivity index is 0.000000281. The summed E-state index contributed by atoms with van der Waals surface area (Å²) in [7, 11) is 13.7. The van der Waals surface area contributed by atoms with Gasteiger partial charge in [0.25, 0.3) is 16.7 Å². The van der Waals surface area contributed by atoms with Crippen molar-refractivity contribution >= 4 is 42.8 Å². The Morgan fingerprint density at radius 3 is 1.30 bits per heavy atom. The minimum atomic E-state index is 0.0119. The summed E-state index contributed by atoms with van der Waals surface area (Å²) in [6.45, 7) is 28.1. The zero-order chi connectivity index (χ0) is 55.7. The molecule has 0 saturated carbocycles. The molecule has 74 heavy (non-hydrogen) atoms. The van der Waals surface area contributed by atoms with E-state index in [1.807, 2.05) is 147 Å². The zero-order valence-electron chi connectivity index (χ0n) is 47.5. The van der Waals surface area contributed by atoms with Crippen LogP contribution in [0.15, 0.2) is 110 Å². The van der Waals surface area contributed by atoms with Crippen LogP contribution in [0.25, 0.3) is 53.6 Å². The van der Waals surface area contributed by atoms with Gasteiger partial charge >= 0.3 is 0 Å². The summed E-state index contributed by atoms with van der Waals surface area (Å²) in [6.07, 6.45) is 6.32. The first-order valence-corrected chi connectivity index (χ1v) is 26.8. The van der Waals surface area contributed by atoms with Crippen molar-refractivity contribution in [1.82, 2.24) is 13.7 Å². The Bertz CT molecular complexity index is 3300. The SMILES string of the molecule is C=C(C)Cc1c(OC)cc(-c2cn(C)c(=O)c3ccsc23)cc1OC.CC.CC.CC.COc1cc(-c2cn(C)c(=O)c(C)c2C)ccc1C.COc1cc(-c2cn(C)c(=O)c3ccsc23)cc(OC)c1C(C)C. The molecule has 0 bridgehead atoms. The number of methoxy groups -OCH3 is 5. The molecule has 0 unspecified atom stereocenters. The lowest BCUT2D eigenvalue weighted by Gasteiger charge is -2.18. The van der Waals surface area contributed by atoms with Gasteiger partial charge in [-0.2, -0.15) is 0 Å². The minimum Gasteiger partial charge on any atom is -0.496 e. The molecule has 5 heterocycles. The van der Waals surface area contributed by atoms with E-state index in [1.165, 1.54) is 0 Å². The highest BCUT2D eigenvalue weighted by Crippen LogP contribution is 2.42. The summed E-state index contributed by atoms with van der Waals surface area (Å²) in [6, 6.07) is 17.9. The van der Waals surface area contributed by atoms with E-state index in [0.29, 0.717) is 6.42 Å². The number of hydrogen-bond acceptors (Lipinski definition) is 10. The Kier molecular flexibility index (Phi) is 23.7. The van der Waals surface area contributed by atoms with Gasteiger partial charge in [-0.15, -0.1) is 22.7 Å². The maximum Gasteiger partial charge on any atom is 0.259 e. The first kappa shape index (κ1) is 61.5. The number of rotatable bonds is 11. The van der Waals surface area contributed by atoms with Crippen molar-refractivity contribution in [2.45, 2.75) is 95.4 Å². The number of pyridine rings is 3. The van der Waals surface area contributed by atoms with Crippen LogP contribution < -0.4 is 40.4 Å².